The average molecular weight is 1380 g/mol. The van der Waals surface area contributed by atoms with E-state index in [0.29, 0.717) is 73.2 Å². The molecule has 0 radical (unpaired) electrons. The van der Waals surface area contributed by atoms with E-state index in [-0.39, 0.29) is 137 Å². The summed E-state index contributed by atoms with van der Waals surface area (Å²) in [6.07, 6.45) is 0. The fourth-order valence-corrected chi connectivity index (χ4v) is 9.72. The van der Waals surface area contributed by atoms with E-state index in [0.717, 1.165) is 5.56 Å². The van der Waals surface area contributed by atoms with E-state index < -0.39 is 47.8 Å². The first kappa shape index (κ1) is 73.0. The Morgan fingerprint density at radius 1 is 0.219 bits per heavy atom. The Bertz CT molecular complexity index is 3310. The molecule has 0 spiro atoms. The lowest BCUT2D eigenvalue weighted by atomic mass is 10.1. The summed E-state index contributed by atoms with van der Waals surface area (Å²) < 4.78 is 80.4. The SMILES string of the molecule is CCOC(=O)c1cc(COc2cc(COc3cc(CBr)cc(OCc4cc(OCc5cc(C(=O)OCC)cc(C(=O)OCC)c5)cc(OCc5cc(C(=O)OCC)cc(C(=O)OCC)c5)c4)c3)cc(OCc3cc(C(=O)OCC)cc(C(=O)OCC)c3)c2)cc(C(=O)OCC)c1. The maximum absolute atomic E-state index is 13.0. The van der Waals surface area contributed by atoms with Crippen LogP contribution in [0, 0.1) is 0 Å². The van der Waals surface area contributed by atoms with Crippen molar-refractivity contribution in [3.63, 3.8) is 0 Å². The molecule has 506 valence electrons. The third kappa shape index (κ3) is 21.8. The third-order valence-electron chi connectivity index (χ3n) is 13.5. The largest absolute Gasteiger partial charge is 0.489 e. The van der Waals surface area contributed by atoms with E-state index in [4.69, 9.17) is 66.3 Å². The molecule has 7 aromatic carbocycles. The van der Waals surface area contributed by atoms with E-state index in [1.807, 2.05) is 12.1 Å². The molecular weight excluding hydrogens is 1310 g/mol. The second-order valence-electron chi connectivity index (χ2n) is 20.7. The Morgan fingerprint density at radius 2 is 0.365 bits per heavy atom. The van der Waals surface area contributed by atoms with Crippen molar-refractivity contribution in [2.45, 2.75) is 100 Å². The van der Waals surface area contributed by atoms with Crippen LogP contribution in [0.4, 0.5) is 0 Å². The second-order valence-corrected chi connectivity index (χ2v) is 21.3. The fourth-order valence-electron chi connectivity index (χ4n) is 9.40. The monoisotopic (exact) mass is 1380 g/mol. The fraction of sp³-hybridized carbons (Fsp3) is 0.315. The third-order valence-corrected chi connectivity index (χ3v) is 14.1. The van der Waals surface area contributed by atoms with Gasteiger partial charge in [-0.3, -0.25) is 0 Å². The lowest BCUT2D eigenvalue weighted by Gasteiger charge is -2.16. The van der Waals surface area contributed by atoms with Gasteiger partial charge in [0, 0.05) is 23.5 Å². The molecule has 0 heterocycles. The number of hydrogen-bond donors (Lipinski definition) is 0. The van der Waals surface area contributed by atoms with Crippen LogP contribution in [0.2, 0.25) is 0 Å². The molecule has 0 saturated carbocycles. The summed E-state index contributed by atoms with van der Waals surface area (Å²) in [7, 11) is 0. The van der Waals surface area contributed by atoms with Crippen LogP contribution in [0.1, 0.15) is 177 Å². The van der Waals surface area contributed by atoms with Gasteiger partial charge in [0.25, 0.3) is 0 Å². The molecule has 0 fully saturated rings. The highest BCUT2D eigenvalue weighted by Crippen LogP contribution is 2.32. The molecule has 22 nitrogen and oxygen atoms in total. The van der Waals surface area contributed by atoms with Gasteiger partial charge in [0.1, 0.15) is 74.1 Å². The van der Waals surface area contributed by atoms with E-state index in [2.05, 4.69) is 15.9 Å². The van der Waals surface area contributed by atoms with Crippen molar-refractivity contribution in [1.82, 2.24) is 0 Å². The number of ether oxygens (including phenoxy) is 14. The molecule has 0 aromatic heterocycles. The summed E-state index contributed by atoms with van der Waals surface area (Å²) in [6.45, 7) is 13.6. The van der Waals surface area contributed by atoms with Gasteiger partial charge in [-0.1, -0.05) is 15.9 Å². The van der Waals surface area contributed by atoms with Gasteiger partial charge in [0.05, 0.1) is 97.4 Å². The number of esters is 8. The summed E-state index contributed by atoms with van der Waals surface area (Å²) in [5, 5.41) is 0.401. The summed E-state index contributed by atoms with van der Waals surface area (Å²) in [5.74, 6) is -3.14. The predicted octanol–water partition coefficient (Wildman–Crippen LogP) is 13.5. The van der Waals surface area contributed by atoms with Crippen molar-refractivity contribution in [3.8, 4) is 34.5 Å². The Morgan fingerprint density at radius 3 is 0.510 bits per heavy atom. The molecule has 0 saturated heterocycles. The zero-order valence-corrected chi connectivity index (χ0v) is 56.2. The van der Waals surface area contributed by atoms with E-state index >= 15 is 0 Å². The van der Waals surface area contributed by atoms with Gasteiger partial charge in [-0.05, 0) is 204 Å². The maximum atomic E-state index is 13.0. The highest BCUT2D eigenvalue weighted by molar-refractivity contribution is 9.08. The van der Waals surface area contributed by atoms with Crippen LogP contribution in [-0.4, -0.2) is 101 Å². The number of benzene rings is 7. The number of carbonyl (C=O) groups excluding carboxylic acids is 8. The smallest absolute Gasteiger partial charge is 0.338 e. The maximum Gasteiger partial charge on any atom is 0.338 e. The van der Waals surface area contributed by atoms with Gasteiger partial charge >= 0.3 is 47.8 Å². The predicted molar refractivity (Wildman–Crippen MR) is 351 cm³/mol. The number of rotatable bonds is 35. The molecule has 0 amide bonds. The summed E-state index contributed by atoms with van der Waals surface area (Å²) >= 11 is 3.58. The van der Waals surface area contributed by atoms with E-state index in [9.17, 15) is 38.4 Å². The molecule has 0 unspecified atom stereocenters. The minimum absolute atomic E-state index is 0.0521. The second kappa shape index (κ2) is 36.9. The van der Waals surface area contributed by atoms with Gasteiger partial charge < -0.3 is 66.3 Å². The Kier molecular flexibility index (Phi) is 28.0. The van der Waals surface area contributed by atoms with Crippen LogP contribution < -0.4 is 28.4 Å². The number of halogens is 1. The molecule has 0 aliphatic heterocycles. The quantitative estimate of drug-likeness (QED) is 0.0203. The van der Waals surface area contributed by atoms with Gasteiger partial charge in [-0.15, -0.1) is 0 Å². The standard InChI is InChI=1S/C73H75BrO22/c1-9-83-66(75)52-17-46(18-53(31-52)67(76)84-10-2)39-91-62-27-50(28-63(36-62)92-40-47-19-54(68(77)85-11-3)32-55(20-47)69(78)86-12-4)43-95-60-25-45(38-74)26-61(35-60)96-44-51-29-64(93-41-48-21-56(70(79)87-13-5)33-57(22-48)71(80)88-14-6)37-65(30-51)94-42-49-23-58(72(81)89-15-7)34-59(24-49)73(82)90-16-8/h17-37H,9-16,38-44H2,1-8H3. The number of alkyl halides is 1. The van der Waals surface area contributed by atoms with Crippen LogP contribution in [-0.2, 0) is 82.9 Å². The topological polar surface area (TPSA) is 266 Å². The summed E-state index contributed by atoms with van der Waals surface area (Å²) in [5.41, 5.74) is 4.66. The Hall–Kier alpha value is -10.4. The molecule has 0 atom stereocenters. The summed E-state index contributed by atoms with van der Waals surface area (Å²) in [4.78, 5) is 104. The highest BCUT2D eigenvalue weighted by atomic mass is 79.9. The van der Waals surface area contributed by atoms with Crippen LogP contribution in [0.15, 0.2) is 127 Å². The van der Waals surface area contributed by atoms with Crippen LogP contribution in [0.3, 0.4) is 0 Å². The van der Waals surface area contributed by atoms with Gasteiger partial charge in [0.15, 0.2) is 0 Å². The summed E-state index contributed by atoms with van der Waals surface area (Å²) in [6, 6.07) is 33.5. The minimum Gasteiger partial charge on any atom is -0.489 e. The molecule has 0 bridgehead atoms. The van der Waals surface area contributed by atoms with Crippen LogP contribution in [0.5, 0.6) is 34.5 Å². The van der Waals surface area contributed by atoms with Crippen molar-refractivity contribution < 1.29 is 105 Å². The van der Waals surface area contributed by atoms with Gasteiger partial charge in [-0.2, -0.15) is 0 Å². The first-order chi connectivity index (χ1) is 46.4. The zero-order valence-electron chi connectivity index (χ0n) is 54.6. The molecule has 7 aromatic rings. The number of carbonyl (C=O) groups is 8. The van der Waals surface area contributed by atoms with E-state index in [1.54, 1.807) is 146 Å². The molecule has 23 heteroatoms. The van der Waals surface area contributed by atoms with Crippen molar-refractivity contribution in [2.75, 3.05) is 52.9 Å². The Balaban J connectivity index is 1.19. The highest BCUT2D eigenvalue weighted by Gasteiger charge is 2.21. The molecule has 0 N–H and O–H groups in total. The van der Waals surface area contributed by atoms with E-state index in [1.165, 1.54) is 24.3 Å². The Labute approximate surface area is 564 Å². The first-order valence-corrected chi connectivity index (χ1v) is 32.2. The minimum atomic E-state index is -0.641. The van der Waals surface area contributed by atoms with Crippen molar-refractivity contribution in [2.24, 2.45) is 0 Å². The number of hydrogen-bond acceptors (Lipinski definition) is 22. The molecule has 0 aliphatic rings. The van der Waals surface area contributed by atoms with Crippen molar-refractivity contribution in [3.05, 3.63) is 211 Å². The molecular formula is C73H75BrO22. The van der Waals surface area contributed by atoms with Crippen LogP contribution in [0.25, 0.3) is 0 Å². The molecule has 96 heavy (non-hydrogen) atoms. The van der Waals surface area contributed by atoms with Crippen molar-refractivity contribution >= 4 is 63.7 Å². The zero-order chi connectivity index (χ0) is 69.1. The average Bonchev–Trinajstić information content (AvgIpc) is 0.946. The first-order valence-electron chi connectivity index (χ1n) is 31.1. The molecule has 0 aliphatic carbocycles. The lowest BCUT2D eigenvalue weighted by Crippen LogP contribution is -2.11. The van der Waals surface area contributed by atoms with Crippen molar-refractivity contribution in [1.29, 1.82) is 0 Å². The lowest BCUT2D eigenvalue weighted by molar-refractivity contribution is 0.0505. The van der Waals surface area contributed by atoms with Crippen LogP contribution >= 0.6 is 15.9 Å². The van der Waals surface area contributed by atoms with Gasteiger partial charge in [-0.25, -0.2) is 38.4 Å². The molecule has 7 rings (SSSR count). The van der Waals surface area contributed by atoms with Gasteiger partial charge in [0.2, 0.25) is 0 Å². The normalized spacial score (nSPS) is 10.7.